The summed E-state index contributed by atoms with van der Waals surface area (Å²) in [5.74, 6) is 1.58. The number of nitrogen functional groups attached to an aromatic ring is 1. The lowest BCUT2D eigenvalue weighted by Crippen LogP contribution is -2.50. The molecule has 2 heterocycles. The van der Waals surface area contributed by atoms with Gasteiger partial charge in [-0.2, -0.15) is 0 Å². The number of hydrogen-bond acceptors (Lipinski definition) is 6. The number of amides is 1. The quantitative estimate of drug-likeness (QED) is 0.703. The van der Waals surface area contributed by atoms with Crippen molar-refractivity contribution in [1.82, 2.24) is 14.9 Å². The number of benzene rings is 1. The van der Waals surface area contributed by atoms with Crippen molar-refractivity contribution in [2.24, 2.45) is 5.73 Å². The summed E-state index contributed by atoms with van der Waals surface area (Å²) >= 11 is 12.6. The molecule has 1 aliphatic carbocycles. The van der Waals surface area contributed by atoms with Crippen molar-refractivity contribution < 1.29 is 4.79 Å². The van der Waals surface area contributed by atoms with E-state index in [1.165, 1.54) is 6.33 Å². The third-order valence-corrected chi connectivity index (χ3v) is 6.71. The summed E-state index contributed by atoms with van der Waals surface area (Å²) in [4.78, 5) is 26.1. The van der Waals surface area contributed by atoms with Crippen molar-refractivity contribution in [3.8, 4) is 0 Å². The Labute approximate surface area is 186 Å². The van der Waals surface area contributed by atoms with Crippen LogP contribution in [-0.4, -0.2) is 53.5 Å². The average molecular weight is 449 g/mol. The summed E-state index contributed by atoms with van der Waals surface area (Å²) < 4.78 is 0. The highest BCUT2D eigenvalue weighted by Gasteiger charge is 2.34. The smallest absolute Gasteiger partial charge is 0.230 e. The average Bonchev–Trinajstić information content (AvgIpc) is 3.59. The maximum Gasteiger partial charge on any atom is 0.230 e. The fourth-order valence-corrected chi connectivity index (χ4v) is 4.58. The molecule has 0 radical (unpaired) electrons. The Morgan fingerprint density at radius 1 is 1.17 bits per heavy atom. The van der Waals surface area contributed by atoms with Crippen LogP contribution in [0.1, 0.15) is 42.2 Å². The van der Waals surface area contributed by atoms with E-state index >= 15 is 0 Å². The molecule has 2 aliphatic rings. The first kappa shape index (κ1) is 21.2. The van der Waals surface area contributed by atoms with Crippen LogP contribution in [0.25, 0.3) is 0 Å². The van der Waals surface area contributed by atoms with Crippen LogP contribution in [0, 0.1) is 0 Å². The second kappa shape index (κ2) is 8.96. The van der Waals surface area contributed by atoms with E-state index in [2.05, 4.69) is 14.9 Å². The fraction of sp³-hybridized carbons (Fsp3) is 0.476. The molecule has 7 nitrogen and oxygen atoms in total. The molecule has 1 unspecified atom stereocenters. The van der Waals surface area contributed by atoms with Crippen LogP contribution < -0.4 is 16.4 Å². The molecule has 1 saturated carbocycles. The van der Waals surface area contributed by atoms with Crippen LogP contribution in [0.2, 0.25) is 10.0 Å². The van der Waals surface area contributed by atoms with Crippen LogP contribution in [-0.2, 0) is 4.79 Å². The third-order valence-electron chi connectivity index (χ3n) is 5.88. The number of carbonyl (C=O) groups excluding carboxylic acids is 1. The molecule has 0 spiro atoms. The Bertz CT molecular complexity index is 928. The highest BCUT2D eigenvalue weighted by atomic mass is 35.5. The highest BCUT2D eigenvalue weighted by molar-refractivity contribution is 6.42. The molecule has 1 aromatic heterocycles. The molecular weight excluding hydrogens is 423 g/mol. The van der Waals surface area contributed by atoms with Crippen LogP contribution in [0.5, 0.6) is 0 Å². The van der Waals surface area contributed by atoms with Crippen LogP contribution in [0.4, 0.5) is 11.6 Å². The van der Waals surface area contributed by atoms with Crippen molar-refractivity contribution in [2.75, 3.05) is 43.4 Å². The standard InChI is InChI=1S/C21H26Cl2N6O/c22-16-3-1-2-14(18(16)23)15(6-7-24)21(30)29-10-8-28(9-11-29)20-17(13-4-5-13)19(25)26-12-27-20/h1-3,12-13,15H,4-11,24H2,(H2,25,26,27). The Morgan fingerprint density at radius 3 is 2.57 bits per heavy atom. The van der Waals surface area contributed by atoms with Crippen molar-refractivity contribution in [1.29, 1.82) is 0 Å². The lowest BCUT2D eigenvalue weighted by Gasteiger charge is -2.38. The molecule has 1 aromatic carbocycles. The molecule has 1 amide bonds. The first-order valence-corrected chi connectivity index (χ1v) is 11.0. The zero-order chi connectivity index (χ0) is 21.3. The van der Waals surface area contributed by atoms with Crippen molar-refractivity contribution in [2.45, 2.75) is 31.1 Å². The fourth-order valence-electron chi connectivity index (χ4n) is 4.14. The number of nitrogens with zero attached hydrogens (tertiary/aromatic N) is 4. The number of anilines is 2. The minimum Gasteiger partial charge on any atom is -0.383 e. The van der Waals surface area contributed by atoms with E-state index in [1.54, 1.807) is 6.07 Å². The van der Waals surface area contributed by atoms with E-state index in [1.807, 2.05) is 17.0 Å². The van der Waals surface area contributed by atoms with E-state index < -0.39 is 5.92 Å². The molecule has 30 heavy (non-hydrogen) atoms. The predicted molar refractivity (Wildman–Crippen MR) is 120 cm³/mol. The number of rotatable bonds is 6. The van der Waals surface area contributed by atoms with E-state index in [4.69, 9.17) is 34.7 Å². The van der Waals surface area contributed by atoms with E-state index in [0.29, 0.717) is 60.9 Å². The predicted octanol–water partition coefficient (Wildman–Crippen LogP) is 3.02. The number of carbonyl (C=O) groups is 1. The Balaban J connectivity index is 1.49. The first-order chi connectivity index (χ1) is 14.5. The van der Waals surface area contributed by atoms with Crippen LogP contribution >= 0.6 is 23.2 Å². The van der Waals surface area contributed by atoms with Crippen molar-refractivity contribution in [3.63, 3.8) is 0 Å². The highest BCUT2D eigenvalue weighted by Crippen LogP contribution is 2.46. The molecule has 4 N–H and O–H groups in total. The molecular formula is C21H26Cl2N6O. The number of halogens is 2. The number of aromatic nitrogens is 2. The van der Waals surface area contributed by atoms with Gasteiger partial charge in [0.15, 0.2) is 0 Å². The number of piperazine rings is 1. The normalized spacial score (nSPS) is 17.8. The molecule has 1 atom stereocenters. The van der Waals surface area contributed by atoms with E-state index in [-0.39, 0.29) is 5.91 Å². The summed E-state index contributed by atoms with van der Waals surface area (Å²) in [6, 6.07) is 5.40. The minimum atomic E-state index is -0.399. The second-order valence-corrected chi connectivity index (χ2v) is 8.64. The molecule has 160 valence electrons. The first-order valence-electron chi connectivity index (χ1n) is 10.3. The van der Waals surface area contributed by atoms with Gasteiger partial charge >= 0.3 is 0 Å². The van der Waals surface area contributed by atoms with Crippen LogP contribution in [0.15, 0.2) is 24.5 Å². The zero-order valence-electron chi connectivity index (χ0n) is 16.7. The Hall–Kier alpha value is -2.09. The molecule has 2 fully saturated rings. The van der Waals surface area contributed by atoms with Gasteiger partial charge in [-0.3, -0.25) is 4.79 Å². The number of nitrogens with two attached hydrogens (primary N) is 2. The van der Waals surface area contributed by atoms with Crippen LogP contribution in [0.3, 0.4) is 0 Å². The molecule has 2 aromatic rings. The van der Waals surface area contributed by atoms with Crippen molar-refractivity contribution in [3.05, 3.63) is 45.7 Å². The summed E-state index contributed by atoms with van der Waals surface area (Å²) in [7, 11) is 0. The monoisotopic (exact) mass is 448 g/mol. The molecule has 1 saturated heterocycles. The van der Waals surface area contributed by atoms with E-state index in [9.17, 15) is 4.79 Å². The summed E-state index contributed by atoms with van der Waals surface area (Å²) in [5, 5.41) is 0.873. The van der Waals surface area contributed by atoms with Gasteiger partial charge in [0.05, 0.1) is 16.0 Å². The maximum absolute atomic E-state index is 13.3. The Morgan fingerprint density at radius 2 is 1.90 bits per heavy atom. The number of hydrogen-bond donors (Lipinski definition) is 2. The topological polar surface area (TPSA) is 101 Å². The van der Waals surface area contributed by atoms with Gasteiger partial charge in [0.25, 0.3) is 0 Å². The molecule has 0 bridgehead atoms. The lowest BCUT2D eigenvalue weighted by molar-refractivity contribution is -0.133. The Kier molecular flexibility index (Phi) is 6.32. The SMILES string of the molecule is NCCC(C(=O)N1CCN(c2ncnc(N)c2C2CC2)CC1)c1cccc(Cl)c1Cl. The van der Waals surface area contributed by atoms with Gasteiger partial charge in [0.1, 0.15) is 18.0 Å². The van der Waals surface area contributed by atoms with Crippen molar-refractivity contribution >= 4 is 40.7 Å². The molecule has 9 heteroatoms. The molecule has 1 aliphatic heterocycles. The third kappa shape index (κ3) is 4.19. The summed E-state index contributed by atoms with van der Waals surface area (Å²) in [6.07, 6.45) is 4.30. The van der Waals surface area contributed by atoms with Gasteiger partial charge in [-0.05, 0) is 43.4 Å². The zero-order valence-corrected chi connectivity index (χ0v) is 18.2. The summed E-state index contributed by atoms with van der Waals surface area (Å²) in [5.41, 5.74) is 13.7. The van der Waals surface area contributed by atoms with E-state index in [0.717, 1.165) is 29.8 Å². The second-order valence-electron chi connectivity index (χ2n) is 7.86. The largest absolute Gasteiger partial charge is 0.383 e. The van der Waals surface area contributed by atoms with Gasteiger partial charge in [0, 0.05) is 31.7 Å². The lowest BCUT2D eigenvalue weighted by atomic mass is 9.93. The van der Waals surface area contributed by atoms with Gasteiger partial charge in [-0.25, -0.2) is 9.97 Å². The van der Waals surface area contributed by atoms with Gasteiger partial charge < -0.3 is 21.3 Å². The summed E-state index contributed by atoms with van der Waals surface area (Å²) in [6.45, 7) is 2.99. The molecule has 4 rings (SSSR count). The van der Waals surface area contributed by atoms with Gasteiger partial charge in [0.2, 0.25) is 5.91 Å². The van der Waals surface area contributed by atoms with Gasteiger partial charge in [-0.1, -0.05) is 35.3 Å². The minimum absolute atomic E-state index is 0.0360. The van der Waals surface area contributed by atoms with Gasteiger partial charge in [-0.15, -0.1) is 0 Å². The maximum atomic E-state index is 13.3.